The predicted octanol–water partition coefficient (Wildman–Crippen LogP) is 2.41. The fourth-order valence-corrected chi connectivity index (χ4v) is 6.95. The number of nitrogens with one attached hydrogen (secondary N) is 3. The van der Waals surface area contributed by atoms with Crippen LogP contribution in [-0.4, -0.2) is 41.9 Å². The van der Waals surface area contributed by atoms with Crippen molar-refractivity contribution in [2.24, 2.45) is 28.2 Å². The van der Waals surface area contributed by atoms with Gasteiger partial charge in [-0.1, -0.05) is 19.1 Å². The van der Waals surface area contributed by atoms with Crippen LogP contribution in [0.4, 0.5) is 17.5 Å². The summed E-state index contributed by atoms with van der Waals surface area (Å²) < 4.78 is 0. The highest BCUT2D eigenvalue weighted by molar-refractivity contribution is 6.35. The molecular weight excluding hydrogens is 397 g/mol. The smallest absolute Gasteiger partial charge is 0.229 e. The molecule has 1 aromatic carbocycles. The van der Waals surface area contributed by atoms with E-state index in [0.717, 1.165) is 41.3 Å². The molecule has 5 aliphatic rings. The molecule has 0 radical (unpaired) electrons. The second-order valence-electron chi connectivity index (χ2n) is 10.7. The zero-order valence-electron chi connectivity index (χ0n) is 19.0. The summed E-state index contributed by atoms with van der Waals surface area (Å²) in [5.74, 6) is 4.16. The summed E-state index contributed by atoms with van der Waals surface area (Å²) in [6.45, 7) is 3.94. The molecule has 2 heterocycles. The average Bonchev–Trinajstić information content (AvgIpc) is 3.25. The Hall–Kier alpha value is -2.61. The van der Waals surface area contributed by atoms with Gasteiger partial charge in [0.1, 0.15) is 26.7 Å². The number of hydrazine groups is 1. The predicted molar refractivity (Wildman–Crippen MR) is 131 cm³/mol. The number of aliphatic imine (C=N–C) groups is 1. The van der Waals surface area contributed by atoms with Crippen LogP contribution in [0.5, 0.6) is 0 Å². The Morgan fingerprint density at radius 1 is 1.22 bits per heavy atom. The Labute approximate surface area is 190 Å². The van der Waals surface area contributed by atoms with Gasteiger partial charge in [-0.15, -0.1) is 0 Å². The van der Waals surface area contributed by atoms with Crippen LogP contribution in [0, 0.1) is 23.2 Å². The lowest BCUT2D eigenvalue weighted by molar-refractivity contribution is -0.0505. The van der Waals surface area contributed by atoms with Crippen LogP contribution in [0.15, 0.2) is 35.5 Å². The first-order chi connectivity index (χ1) is 15.5. The highest BCUT2D eigenvalue weighted by atomic mass is 15.6. The minimum absolute atomic E-state index is 0.555. The van der Waals surface area contributed by atoms with Crippen LogP contribution >= 0.6 is 0 Å². The lowest BCUT2D eigenvalue weighted by Crippen LogP contribution is -2.55. The number of benzene rings is 1. The van der Waals surface area contributed by atoms with E-state index in [0.29, 0.717) is 24.1 Å². The van der Waals surface area contributed by atoms with Crippen molar-refractivity contribution in [1.29, 1.82) is 0 Å². The molecular formula is C24H32BN7. The van der Waals surface area contributed by atoms with E-state index in [1.54, 1.807) is 0 Å². The van der Waals surface area contributed by atoms with E-state index < -0.39 is 0 Å². The van der Waals surface area contributed by atoms with Crippen LogP contribution < -0.4 is 21.5 Å². The van der Waals surface area contributed by atoms with Crippen molar-refractivity contribution in [3.63, 3.8) is 0 Å². The van der Waals surface area contributed by atoms with Crippen LogP contribution in [0.2, 0.25) is 0 Å². The Morgan fingerprint density at radius 2 is 2.06 bits per heavy atom. The maximum absolute atomic E-state index is 4.89. The molecule has 166 valence electrons. The maximum atomic E-state index is 4.89. The fraction of sp³-hybridized carbons (Fsp3) is 0.542. The van der Waals surface area contributed by atoms with E-state index in [-0.39, 0.29) is 0 Å². The van der Waals surface area contributed by atoms with E-state index in [9.17, 15) is 0 Å². The topological polar surface area (TPSA) is 77.5 Å². The average molecular weight is 429 g/mol. The number of hydrogen-bond acceptors (Lipinski definition) is 7. The first kappa shape index (κ1) is 20.0. The first-order valence-corrected chi connectivity index (χ1v) is 12.0. The van der Waals surface area contributed by atoms with Gasteiger partial charge >= 0.3 is 0 Å². The molecule has 4 bridgehead atoms. The zero-order chi connectivity index (χ0) is 21.7. The van der Waals surface area contributed by atoms with Crippen LogP contribution in [0.1, 0.15) is 44.6 Å². The molecule has 2 atom stereocenters. The second-order valence-corrected chi connectivity index (χ2v) is 10.7. The molecule has 0 spiro atoms. The highest BCUT2D eigenvalue weighted by Crippen LogP contribution is 2.60. The molecule has 4 aliphatic carbocycles. The molecule has 1 aliphatic heterocycles. The van der Waals surface area contributed by atoms with Gasteiger partial charge in [0.05, 0.1) is 6.54 Å². The lowest BCUT2D eigenvalue weighted by Gasteiger charge is -2.59. The van der Waals surface area contributed by atoms with Gasteiger partial charge in [-0.2, -0.15) is 4.98 Å². The molecule has 4 fully saturated rings. The van der Waals surface area contributed by atoms with Gasteiger partial charge in [-0.05, 0) is 78.4 Å². The number of nitrogens with zero attached hydrogens (tertiary/aromatic N) is 4. The summed E-state index contributed by atoms with van der Waals surface area (Å²) in [5.41, 5.74) is 7.10. The van der Waals surface area contributed by atoms with E-state index in [4.69, 9.17) is 4.98 Å². The summed E-state index contributed by atoms with van der Waals surface area (Å²) in [7, 11) is 2.11. The maximum Gasteiger partial charge on any atom is 0.229 e. The van der Waals surface area contributed by atoms with Gasteiger partial charge in [0, 0.05) is 17.9 Å². The minimum atomic E-state index is 0.555. The van der Waals surface area contributed by atoms with Crippen molar-refractivity contribution in [3.05, 3.63) is 36.0 Å². The van der Waals surface area contributed by atoms with E-state index in [1.165, 1.54) is 37.7 Å². The molecule has 0 amide bonds. The van der Waals surface area contributed by atoms with Gasteiger partial charge in [-0.25, -0.2) is 10.4 Å². The van der Waals surface area contributed by atoms with Crippen LogP contribution in [0.25, 0.3) is 0 Å². The van der Waals surface area contributed by atoms with Crippen molar-refractivity contribution in [2.45, 2.75) is 51.6 Å². The van der Waals surface area contributed by atoms with Crippen molar-refractivity contribution in [3.8, 4) is 0 Å². The summed E-state index contributed by atoms with van der Waals surface area (Å²) in [5, 5.41) is 9.28. The molecule has 3 N–H and O–H groups in total. The molecule has 32 heavy (non-hydrogen) atoms. The third kappa shape index (κ3) is 3.85. The second kappa shape index (κ2) is 7.76. The monoisotopic (exact) mass is 429 g/mol. The van der Waals surface area contributed by atoms with Crippen molar-refractivity contribution in [2.75, 3.05) is 17.3 Å². The molecule has 8 heteroatoms. The first-order valence-electron chi connectivity index (χ1n) is 12.0. The SMILES string of the molecule is Bc1cnc(Nc2cccc(CN3C=NCN3)c2)nc1N[C@H]1C2CC3CC1C[C@@](C)(C3)C2. The summed E-state index contributed by atoms with van der Waals surface area (Å²) >= 11 is 0. The standard InChI is InChI=1S/C24H32BN7/c1-24-8-16-5-17(9-24)21(18(6-16)10-24)30-22-20(25)11-27-23(31-22)29-19-4-2-3-15(7-19)12-32-14-26-13-28-32/h2-4,7,11,14,16-18,21,28H,5-6,8-10,12-13,25H2,1H3,(H2,27,29,30,31)/t16?,17?,18?,21-,24-. The largest absolute Gasteiger partial charge is 0.367 e. The van der Waals surface area contributed by atoms with Gasteiger partial charge in [-0.3, -0.25) is 10.0 Å². The quantitative estimate of drug-likeness (QED) is 0.613. The minimum Gasteiger partial charge on any atom is -0.367 e. The summed E-state index contributed by atoms with van der Waals surface area (Å²) in [6, 6.07) is 8.94. The van der Waals surface area contributed by atoms with E-state index in [2.05, 4.69) is 65.1 Å². The summed E-state index contributed by atoms with van der Waals surface area (Å²) in [4.78, 5) is 13.6. The number of rotatable bonds is 6. The van der Waals surface area contributed by atoms with Gasteiger partial charge < -0.3 is 10.6 Å². The third-order valence-electron chi connectivity index (χ3n) is 7.98. The fourth-order valence-electron chi connectivity index (χ4n) is 6.95. The zero-order valence-corrected chi connectivity index (χ0v) is 19.0. The van der Waals surface area contributed by atoms with E-state index >= 15 is 0 Å². The van der Waals surface area contributed by atoms with Gasteiger partial charge in [0.2, 0.25) is 5.95 Å². The van der Waals surface area contributed by atoms with Crippen LogP contribution in [0.3, 0.4) is 0 Å². The highest BCUT2D eigenvalue weighted by Gasteiger charge is 2.53. The molecule has 7 nitrogen and oxygen atoms in total. The number of anilines is 3. The number of aromatic nitrogens is 2. The molecule has 2 aromatic rings. The molecule has 1 aromatic heterocycles. The van der Waals surface area contributed by atoms with Gasteiger partial charge in [0.25, 0.3) is 0 Å². The Balaban J connectivity index is 1.17. The Bertz CT molecular complexity index is 1020. The van der Waals surface area contributed by atoms with Crippen molar-refractivity contribution in [1.82, 2.24) is 20.4 Å². The molecule has 4 saturated carbocycles. The van der Waals surface area contributed by atoms with Crippen molar-refractivity contribution < 1.29 is 0 Å². The molecule has 0 saturated heterocycles. The van der Waals surface area contributed by atoms with Crippen LogP contribution in [-0.2, 0) is 6.54 Å². The molecule has 7 rings (SSSR count). The normalized spacial score (nSPS) is 32.5. The third-order valence-corrected chi connectivity index (χ3v) is 7.98. The van der Waals surface area contributed by atoms with E-state index in [1.807, 2.05) is 17.5 Å². The number of hydrogen-bond donors (Lipinski definition) is 3. The summed E-state index contributed by atoms with van der Waals surface area (Å²) in [6.07, 6.45) is 10.7. The Kier molecular flexibility index (Phi) is 4.86. The lowest BCUT2D eigenvalue weighted by atomic mass is 9.48. The Morgan fingerprint density at radius 3 is 2.81 bits per heavy atom. The van der Waals surface area contributed by atoms with Gasteiger partial charge in [0.15, 0.2) is 0 Å². The van der Waals surface area contributed by atoms with Crippen molar-refractivity contribution >= 4 is 37.1 Å². The molecule has 2 unspecified atom stereocenters.